The summed E-state index contributed by atoms with van der Waals surface area (Å²) in [5.41, 5.74) is 12.7. The highest BCUT2D eigenvalue weighted by Crippen LogP contribution is 2.34. The number of aromatic nitrogens is 2. The van der Waals surface area contributed by atoms with Crippen LogP contribution in [-0.2, 0) is 12.8 Å². The van der Waals surface area contributed by atoms with Crippen molar-refractivity contribution in [2.45, 2.75) is 66.2 Å². The normalized spacial score (nSPS) is 12.3. The molecule has 0 saturated heterocycles. The van der Waals surface area contributed by atoms with Crippen LogP contribution in [0.25, 0.3) is 11.8 Å². The van der Waals surface area contributed by atoms with E-state index in [1.165, 1.54) is 40.1 Å². The van der Waals surface area contributed by atoms with Crippen molar-refractivity contribution in [1.29, 1.82) is 0 Å². The summed E-state index contributed by atoms with van der Waals surface area (Å²) in [5.74, 6) is -0.197. The first-order chi connectivity index (χ1) is 17.5. The zero-order chi connectivity index (χ0) is 25.9. The molecule has 0 fully saturated rings. The van der Waals surface area contributed by atoms with Gasteiger partial charge in [-0.2, -0.15) is 0 Å². The topological polar surface area (TPSA) is 33.1 Å². The van der Waals surface area contributed by atoms with E-state index in [1.807, 2.05) is 32.3 Å². The molecule has 0 atom stereocenters. The van der Waals surface area contributed by atoms with E-state index in [4.69, 9.17) is 0 Å². The SMILES string of the molecule is C=CC.CCCN(NCCC/C(=C\c1ccc(-n2cnc(C)c2)c2c1CC2)CC)c1ccc(F)cc1. The van der Waals surface area contributed by atoms with Gasteiger partial charge < -0.3 is 9.58 Å². The van der Waals surface area contributed by atoms with Gasteiger partial charge >= 0.3 is 0 Å². The van der Waals surface area contributed by atoms with Crippen molar-refractivity contribution >= 4 is 11.8 Å². The van der Waals surface area contributed by atoms with E-state index < -0.39 is 0 Å². The van der Waals surface area contributed by atoms with Gasteiger partial charge in [0.15, 0.2) is 0 Å². The van der Waals surface area contributed by atoms with Gasteiger partial charge in [-0.3, -0.25) is 0 Å². The second kappa shape index (κ2) is 13.8. The summed E-state index contributed by atoms with van der Waals surface area (Å²) in [5, 5.41) is 2.13. The van der Waals surface area contributed by atoms with E-state index in [2.05, 4.69) is 64.8 Å². The summed E-state index contributed by atoms with van der Waals surface area (Å²) in [6, 6.07) is 11.2. The van der Waals surface area contributed by atoms with Gasteiger partial charge in [-0.15, -0.1) is 6.58 Å². The maximum atomic E-state index is 13.3. The fourth-order valence-electron chi connectivity index (χ4n) is 4.52. The lowest BCUT2D eigenvalue weighted by Crippen LogP contribution is -2.39. The Morgan fingerprint density at radius 1 is 1.14 bits per heavy atom. The number of benzene rings is 2. The number of rotatable bonds is 11. The molecule has 1 aliphatic rings. The van der Waals surface area contributed by atoms with Crippen LogP contribution in [0.4, 0.5) is 10.1 Å². The monoisotopic (exact) mass is 488 g/mol. The van der Waals surface area contributed by atoms with Crippen LogP contribution >= 0.6 is 0 Å². The third kappa shape index (κ3) is 7.17. The maximum absolute atomic E-state index is 13.3. The number of imidazole rings is 1. The van der Waals surface area contributed by atoms with Crippen molar-refractivity contribution in [1.82, 2.24) is 15.0 Å². The molecule has 0 radical (unpaired) electrons. The zero-order valence-corrected chi connectivity index (χ0v) is 22.4. The Hall–Kier alpha value is -3.18. The van der Waals surface area contributed by atoms with E-state index in [9.17, 15) is 4.39 Å². The Bertz CT molecular complexity index is 1140. The first kappa shape index (κ1) is 27.4. The van der Waals surface area contributed by atoms with Crippen molar-refractivity contribution in [2.24, 2.45) is 0 Å². The summed E-state index contributed by atoms with van der Waals surface area (Å²) in [6.45, 7) is 13.5. The number of hydrazine groups is 1. The number of nitrogens with one attached hydrogen (secondary N) is 1. The molecule has 4 rings (SSSR count). The number of aryl methyl sites for hydroxylation is 1. The van der Waals surface area contributed by atoms with Gasteiger partial charge in [0, 0.05) is 25.0 Å². The molecule has 4 nitrogen and oxygen atoms in total. The van der Waals surface area contributed by atoms with Crippen molar-refractivity contribution in [2.75, 3.05) is 18.1 Å². The van der Waals surface area contributed by atoms with Crippen LogP contribution in [0.1, 0.15) is 68.8 Å². The summed E-state index contributed by atoms with van der Waals surface area (Å²) in [7, 11) is 0. The number of fused-ring (bicyclic) bond motifs is 1. The molecule has 0 amide bonds. The number of allylic oxidation sites excluding steroid dienone is 2. The molecule has 36 heavy (non-hydrogen) atoms. The Morgan fingerprint density at radius 2 is 1.86 bits per heavy atom. The third-order valence-corrected chi connectivity index (χ3v) is 6.43. The molecular formula is C31H41FN4. The Morgan fingerprint density at radius 3 is 2.44 bits per heavy atom. The van der Waals surface area contributed by atoms with Gasteiger partial charge in [0.1, 0.15) is 5.82 Å². The molecule has 3 aromatic rings. The largest absolute Gasteiger partial charge is 0.308 e. The van der Waals surface area contributed by atoms with Crippen molar-refractivity contribution in [3.05, 3.63) is 95.4 Å². The molecule has 2 aromatic carbocycles. The second-order valence-corrected chi connectivity index (χ2v) is 9.26. The Balaban J connectivity index is 0.00000115. The number of halogens is 1. The van der Waals surface area contributed by atoms with E-state index in [0.29, 0.717) is 0 Å². The lowest BCUT2D eigenvalue weighted by molar-refractivity contribution is 0.588. The maximum Gasteiger partial charge on any atom is 0.123 e. The van der Waals surface area contributed by atoms with Gasteiger partial charge in [0.25, 0.3) is 0 Å². The summed E-state index contributed by atoms with van der Waals surface area (Å²) in [4.78, 5) is 4.39. The highest BCUT2D eigenvalue weighted by atomic mass is 19.1. The van der Waals surface area contributed by atoms with E-state index in [1.54, 1.807) is 6.08 Å². The van der Waals surface area contributed by atoms with Crippen LogP contribution in [-0.4, -0.2) is 22.6 Å². The number of anilines is 1. The molecule has 1 N–H and O–H groups in total. The first-order valence-corrected chi connectivity index (χ1v) is 13.2. The van der Waals surface area contributed by atoms with Gasteiger partial charge in [-0.25, -0.2) is 14.8 Å². The minimum atomic E-state index is -0.197. The summed E-state index contributed by atoms with van der Waals surface area (Å²) < 4.78 is 15.4. The average molecular weight is 489 g/mol. The quantitative estimate of drug-likeness (QED) is 0.171. The van der Waals surface area contributed by atoms with Crippen LogP contribution < -0.4 is 10.4 Å². The standard InChI is InChI=1S/C28H35FN4.C3H6/c1-4-17-33(25-11-9-24(29)10-12-25)31-16-6-7-22(5-2)18-23-8-15-28(27-14-13-26(23)27)32-19-21(3)30-20-32;1-3-2/h8-12,15,18-20,31H,4-7,13-14,16-17H2,1-3H3;3H,1H2,2H3/b22-18-;. The van der Waals surface area contributed by atoms with Crippen LogP contribution in [0.5, 0.6) is 0 Å². The van der Waals surface area contributed by atoms with Gasteiger partial charge in [0.05, 0.1) is 17.7 Å². The van der Waals surface area contributed by atoms with Crippen LogP contribution in [0, 0.1) is 12.7 Å². The van der Waals surface area contributed by atoms with E-state index >= 15 is 0 Å². The Kier molecular flexibility index (Phi) is 10.5. The minimum Gasteiger partial charge on any atom is -0.308 e. The van der Waals surface area contributed by atoms with Crippen molar-refractivity contribution in [3.8, 4) is 5.69 Å². The molecule has 5 heteroatoms. The molecular weight excluding hydrogens is 447 g/mol. The minimum absolute atomic E-state index is 0.197. The van der Waals surface area contributed by atoms with Crippen molar-refractivity contribution in [3.63, 3.8) is 0 Å². The highest BCUT2D eigenvalue weighted by Gasteiger charge is 2.21. The predicted octanol–water partition coefficient (Wildman–Crippen LogP) is 7.61. The van der Waals surface area contributed by atoms with Crippen molar-refractivity contribution < 1.29 is 4.39 Å². The van der Waals surface area contributed by atoms with Crippen LogP contribution in [0.2, 0.25) is 0 Å². The highest BCUT2D eigenvalue weighted by molar-refractivity contribution is 5.65. The van der Waals surface area contributed by atoms with Crippen LogP contribution in [0.3, 0.4) is 0 Å². The van der Waals surface area contributed by atoms with Gasteiger partial charge in [-0.1, -0.05) is 37.6 Å². The number of hydrogen-bond acceptors (Lipinski definition) is 3. The number of hydrogen-bond donors (Lipinski definition) is 1. The fraction of sp³-hybridized carbons (Fsp3) is 0.387. The molecule has 0 saturated carbocycles. The summed E-state index contributed by atoms with van der Waals surface area (Å²) >= 11 is 0. The van der Waals surface area contributed by atoms with E-state index in [-0.39, 0.29) is 5.82 Å². The fourth-order valence-corrected chi connectivity index (χ4v) is 4.52. The molecule has 192 valence electrons. The second-order valence-electron chi connectivity index (χ2n) is 9.26. The lowest BCUT2D eigenvalue weighted by Gasteiger charge is -2.26. The molecule has 1 aliphatic carbocycles. The molecule has 0 unspecified atom stereocenters. The van der Waals surface area contributed by atoms with Crippen LogP contribution in [0.15, 0.2) is 67.2 Å². The van der Waals surface area contributed by atoms with Gasteiger partial charge in [-0.05, 0) is 99.4 Å². The Labute approximate surface area is 216 Å². The molecule has 1 aromatic heterocycles. The van der Waals surface area contributed by atoms with E-state index in [0.717, 1.165) is 63.0 Å². The lowest BCUT2D eigenvalue weighted by atomic mass is 9.82. The first-order valence-electron chi connectivity index (χ1n) is 13.2. The zero-order valence-electron chi connectivity index (χ0n) is 22.4. The third-order valence-electron chi connectivity index (χ3n) is 6.43. The predicted molar refractivity (Wildman–Crippen MR) is 151 cm³/mol. The molecule has 0 bridgehead atoms. The molecule has 0 spiro atoms. The smallest absolute Gasteiger partial charge is 0.123 e. The average Bonchev–Trinajstić information content (AvgIpc) is 3.28. The van der Waals surface area contributed by atoms with Gasteiger partial charge in [0.2, 0.25) is 0 Å². The number of nitrogens with zero attached hydrogens (tertiary/aromatic N) is 3. The summed E-state index contributed by atoms with van der Waals surface area (Å²) in [6.07, 6.45) is 14.7. The molecule has 0 aliphatic heterocycles. The molecule has 1 heterocycles.